The molecule has 3 rings (SSSR count). The second-order valence-corrected chi connectivity index (χ2v) is 8.59. The Bertz CT molecular complexity index is 558. The van der Waals surface area contributed by atoms with Gasteiger partial charge in [-0.05, 0) is 6.92 Å². The Hall–Kier alpha value is -1.05. The second-order valence-electron chi connectivity index (χ2n) is 7.19. The molecule has 0 aromatic heterocycles. The molecule has 6 nitrogen and oxygen atoms in total. The van der Waals surface area contributed by atoms with Crippen LogP contribution < -0.4 is 0 Å². The first kappa shape index (κ1) is 15.8. The van der Waals surface area contributed by atoms with E-state index >= 15 is 0 Å². The van der Waals surface area contributed by atoms with Gasteiger partial charge in [0.25, 0.3) is 0 Å². The number of hydrogen-bond acceptors (Lipinski definition) is 4. The van der Waals surface area contributed by atoms with E-state index in [1.807, 2.05) is 0 Å². The molecule has 0 saturated carbocycles. The monoisotopic (exact) mass is 327 g/mol. The summed E-state index contributed by atoms with van der Waals surface area (Å²) in [4.78, 5) is 25.9. The lowest BCUT2D eigenvalue weighted by molar-refractivity contribution is -0.877. The van der Waals surface area contributed by atoms with Crippen LogP contribution in [0.25, 0.3) is 0 Å². The zero-order valence-corrected chi connectivity index (χ0v) is 14.0. The molecule has 22 heavy (non-hydrogen) atoms. The van der Waals surface area contributed by atoms with Gasteiger partial charge in [-0.15, -0.1) is 11.8 Å². The van der Waals surface area contributed by atoms with E-state index in [1.165, 1.54) is 4.90 Å². The van der Waals surface area contributed by atoms with E-state index < -0.39 is 18.0 Å². The first-order chi connectivity index (χ1) is 10.2. The molecule has 0 unspecified atom stereocenters. The fourth-order valence-electron chi connectivity index (χ4n) is 3.86. The maximum absolute atomic E-state index is 12.1. The Balaban J connectivity index is 1.79. The molecular formula is C15H23N2O4S+. The standard InChI is InChI=1S/C15H22N2O4S/c1-8(18)12-10-6-11(13(15(20)21)16(10)14(12)19)22-9-4-5-17(2,3)7-9/h8-10,12,18H,4-7H2,1-3H3/p+1/t8-,9+,10-,12-/m1/s1. The fraction of sp³-hybridized carbons (Fsp3) is 0.733. The topological polar surface area (TPSA) is 77.8 Å². The van der Waals surface area contributed by atoms with Crippen molar-refractivity contribution in [2.45, 2.75) is 37.2 Å². The zero-order valence-electron chi connectivity index (χ0n) is 13.2. The first-order valence-corrected chi connectivity index (χ1v) is 8.55. The van der Waals surface area contributed by atoms with E-state index in [2.05, 4.69) is 14.1 Å². The third-order valence-electron chi connectivity index (χ3n) is 4.95. The molecule has 3 heterocycles. The minimum atomic E-state index is -1.03. The van der Waals surface area contributed by atoms with Crippen molar-refractivity contribution >= 4 is 23.6 Å². The third-order valence-corrected chi connectivity index (χ3v) is 6.32. The molecule has 2 N–H and O–H groups in total. The number of quaternary nitrogens is 1. The Labute approximate surface area is 134 Å². The SMILES string of the molecule is C[C@@H](O)[C@H]1C(=O)N2C(C(=O)O)=C(S[C@H]3CC[N+](C)(C)C3)C[C@H]12. The summed E-state index contributed by atoms with van der Waals surface area (Å²) >= 11 is 1.62. The molecule has 4 atom stereocenters. The molecule has 0 radical (unpaired) electrons. The highest BCUT2D eigenvalue weighted by Gasteiger charge is 2.57. The molecule has 3 aliphatic rings. The van der Waals surface area contributed by atoms with Crippen LogP contribution in [-0.4, -0.2) is 76.1 Å². The largest absolute Gasteiger partial charge is 0.477 e. The number of aliphatic hydroxyl groups excluding tert-OH is 1. The van der Waals surface area contributed by atoms with E-state index in [0.29, 0.717) is 11.7 Å². The van der Waals surface area contributed by atoms with Crippen LogP contribution in [0.2, 0.25) is 0 Å². The van der Waals surface area contributed by atoms with Crippen LogP contribution in [0.4, 0.5) is 0 Å². The summed E-state index contributed by atoms with van der Waals surface area (Å²) in [6.45, 7) is 3.71. The van der Waals surface area contributed by atoms with E-state index in [4.69, 9.17) is 0 Å². The summed E-state index contributed by atoms with van der Waals surface area (Å²) < 4.78 is 0.954. The van der Waals surface area contributed by atoms with Crippen molar-refractivity contribution in [3.8, 4) is 0 Å². The number of amides is 1. The molecule has 2 fully saturated rings. The van der Waals surface area contributed by atoms with Gasteiger partial charge >= 0.3 is 5.97 Å². The lowest BCUT2D eigenvalue weighted by Crippen LogP contribution is -2.61. The molecule has 2 saturated heterocycles. The van der Waals surface area contributed by atoms with Gasteiger partial charge in [0.1, 0.15) is 5.70 Å². The fourth-order valence-corrected chi connectivity index (χ4v) is 5.53. The van der Waals surface area contributed by atoms with Gasteiger partial charge in [0, 0.05) is 17.7 Å². The molecule has 7 heteroatoms. The van der Waals surface area contributed by atoms with E-state index in [-0.39, 0.29) is 17.6 Å². The maximum atomic E-state index is 12.1. The number of aliphatic carboxylic acids is 1. The van der Waals surface area contributed by atoms with Crippen molar-refractivity contribution in [2.24, 2.45) is 5.92 Å². The highest BCUT2D eigenvalue weighted by molar-refractivity contribution is 8.03. The number of fused-ring (bicyclic) bond motifs is 1. The highest BCUT2D eigenvalue weighted by atomic mass is 32.2. The van der Waals surface area contributed by atoms with Gasteiger partial charge in [-0.2, -0.15) is 0 Å². The molecule has 0 spiro atoms. The molecule has 0 aliphatic carbocycles. The molecule has 0 aromatic carbocycles. The van der Waals surface area contributed by atoms with Crippen LogP contribution >= 0.6 is 11.8 Å². The summed E-state index contributed by atoms with van der Waals surface area (Å²) in [7, 11) is 4.36. The van der Waals surface area contributed by atoms with Crippen LogP contribution in [0, 0.1) is 5.92 Å². The number of carbonyl (C=O) groups excluding carboxylic acids is 1. The predicted molar refractivity (Wildman–Crippen MR) is 82.9 cm³/mol. The van der Waals surface area contributed by atoms with Crippen LogP contribution in [0.3, 0.4) is 0 Å². The summed E-state index contributed by atoms with van der Waals surface area (Å²) in [5, 5.41) is 19.6. The predicted octanol–water partition coefficient (Wildman–Crippen LogP) is 0.476. The minimum Gasteiger partial charge on any atom is -0.477 e. The third kappa shape index (κ3) is 2.45. The summed E-state index contributed by atoms with van der Waals surface area (Å²) in [5.74, 6) is -1.74. The summed E-state index contributed by atoms with van der Waals surface area (Å²) in [6.07, 6.45) is 0.902. The van der Waals surface area contributed by atoms with Crippen molar-refractivity contribution in [1.29, 1.82) is 0 Å². The van der Waals surface area contributed by atoms with Gasteiger partial charge < -0.3 is 19.6 Å². The smallest absolute Gasteiger partial charge is 0.353 e. The van der Waals surface area contributed by atoms with E-state index in [0.717, 1.165) is 28.9 Å². The molecule has 0 aromatic rings. The van der Waals surface area contributed by atoms with Crippen LogP contribution in [0.1, 0.15) is 19.8 Å². The van der Waals surface area contributed by atoms with Gasteiger partial charge in [0.2, 0.25) is 5.91 Å². The van der Waals surface area contributed by atoms with Gasteiger partial charge in [-0.25, -0.2) is 4.79 Å². The average Bonchev–Trinajstić information content (AvgIpc) is 2.87. The lowest BCUT2D eigenvalue weighted by atomic mass is 9.83. The van der Waals surface area contributed by atoms with Gasteiger partial charge in [-0.3, -0.25) is 4.79 Å². The van der Waals surface area contributed by atoms with Crippen molar-refractivity contribution in [1.82, 2.24) is 4.90 Å². The number of likely N-dealkylation sites (tertiary alicyclic amines) is 1. The number of hydrogen-bond donors (Lipinski definition) is 2. The Kier molecular flexibility index (Phi) is 3.78. The highest BCUT2D eigenvalue weighted by Crippen LogP contribution is 2.48. The molecule has 0 bridgehead atoms. The van der Waals surface area contributed by atoms with Crippen molar-refractivity contribution < 1.29 is 24.3 Å². The molecule has 3 aliphatic heterocycles. The maximum Gasteiger partial charge on any atom is 0.353 e. The number of aliphatic hydroxyl groups is 1. The molecule has 122 valence electrons. The average molecular weight is 327 g/mol. The Morgan fingerprint density at radius 3 is 2.64 bits per heavy atom. The van der Waals surface area contributed by atoms with Gasteiger partial charge in [0.05, 0.1) is 50.5 Å². The Morgan fingerprint density at radius 2 is 2.14 bits per heavy atom. The van der Waals surface area contributed by atoms with Crippen LogP contribution in [-0.2, 0) is 9.59 Å². The second kappa shape index (κ2) is 5.25. The van der Waals surface area contributed by atoms with E-state index in [1.54, 1.807) is 18.7 Å². The van der Waals surface area contributed by atoms with E-state index in [9.17, 15) is 19.8 Å². The summed E-state index contributed by atoms with van der Waals surface area (Å²) in [5.41, 5.74) is 0.147. The summed E-state index contributed by atoms with van der Waals surface area (Å²) in [6, 6.07) is -0.176. The van der Waals surface area contributed by atoms with Crippen molar-refractivity contribution in [2.75, 3.05) is 27.2 Å². The quantitative estimate of drug-likeness (QED) is 0.580. The minimum absolute atomic E-state index is 0.147. The molecule has 1 amide bonds. The number of nitrogens with zero attached hydrogens (tertiary/aromatic N) is 2. The van der Waals surface area contributed by atoms with Crippen LogP contribution in [0.5, 0.6) is 0 Å². The number of rotatable bonds is 4. The normalized spacial score (nSPS) is 34.6. The van der Waals surface area contributed by atoms with Crippen molar-refractivity contribution in [3.63, 3.8) is 0 Å². The molecular weight excluding hydrogens is 304 g/mol. The van der Waals surface area contributed by atoms with Crippen LogP contribution in [0.15, 0.2) is 10.6 Å². The number of carboxylic acid groups (broad SMARTS) is 1. The van der Waals surface area contributed by atoms with Gasteiger partial charge in [-0.1, -0.05) is 0 Å². The lowest BCUT2D eigenvalue weighted by Gasteiger charge is -2.44. The first-order valence-electron chi connectivity index (χ1n) is 7.67. The number of thioether (sulfide) groups is 1. The number of carboxylic acids is 1. The zero-order chi connectivity index (χ0) is 16.2. The van der Waals surface area contributed by atoms with Crippen molar-refractivity contribution in [3.05, 3.63) is 10.6 Å². The van der Waals surface area contributed by atoms with Gasteiger partial charge in [0.15, 0.2) is 0 Å². The number of carbonyl (C=O) groups is 2. The number of β-lactam (4-membered cyclic amide) rings is 1. The Morgan fingerprint density at radius 1 is 1.45 bits per heavy atom.